The van der Waals surface area contributed by atoms with E-state index in [2.05, 4.69) is 16.0 Å². The molecule has 0 aliphatic heterocycles. The topological polar surface area (TPSA) is 58.8 Å². The molecule has 0 radical (unpaired) electrons. The molecule has 0 unspecified atom stereocenters. The normalized spacial score (nSPS) is 10.3. The highest BCUT2D eigenvalue weighted by molar-refractivity contribution is 7.15. The Labute approximate surface area is 114 Å². The van der Waals surface area contributed by atoms with Gasteiger partial charge in [-0.15, -0.1) is 11.3 Å². The van der Waals surface area contributed by atoms with E-state index in [0.717, 1.165) is 10.6 Å². The van der Waals surface area contributed by atoms with E-state index in [0.29, 0.717) is 29.1 Å². The Morgan fingerprint density at radius 2 is 2.28 bits per heavy atom. The molecular formula is C12H10ClN3OS. The lowest BCUT2D eigenvalue weighted by Crippen LogP contribution is -2.00. The van der Waals surface area contributed by atoms with E-state index in [1.165, 1.54) is 11.3 Å². The van der Waals surface area contributed by atoms with E-state index in [4.69, 9.17) is 21.6 Å². The van der Waals surface area contributed by atoms with Crippen molar-refractivity contribution in [1.82, 2.24) is 9.97 Å². The standard InChI is InChI=1S/C12H10ClN3OS/c1-2-17-7-12-15-9(5-11(13)16-12)10-4-3-8(6-14)18-10/h3-5H,2,7H2,1H3. The van der Waals surface area contributed by atoms with Gasteiger partial charge in [0.15, 0.2) is 5.82 Å². The number of nitrogens with zero attached hydrogens (tertiary/aromatic N) is 3. The summed E-state index contributed by atoms with van der Waals surface area (Å²) in [5, 5.41) is 9.18. The van der Waals surface area contributed by atoms with Crippen molar-refractivity contribution >= 4 is 22.9 Å². The molecule has 2 rings (SSSR count). The van der Waals surface area contributed by atoms with Gasteiger partial charge in [0.2, 0.25) is 0 Å². The maximum Gasteiger partial charge on any atom is 0.156 e. The van der Waals surface area contributed by atoms with Crippen molar-refractivity contribution in [1.29, 1.82) is 5.26 Å². The first kappa shape index (κ1) is 13.0. The van der Waals surface area contributed by atoms with Gasteiger partial charge < -0.3 is 4.74 Å². The van der Waals surface area contributed by atoms with Gasteiger partial charge in [0, 0.05) is 12.7 Å². The van der Waals surface area contributed by atoms with Crippen LogP contribution in [0.25, 0.3) is 10.6 Å². The summed E-state index contributed by atoms with van der Waals surface area (Å²) in [6.45, 7) is 2.84. The first-order chi connectivity index (χ1) is 8.72. The third-order valence-corrected chi connectivity index (χ3v) is 3.35. The van der Waals surface area contributed by atoms with Crippen LogP contribution in [-0.2, 0) is 11.3 Å². The lowest BCUT2D eigenvalue weighted by atomic mass is 10.3. The summed E-state index contributed by atoms with van der Waals surface area (Å²) in [5.41, 5.74) is 0.719. The number of rotatable bonds is 4. The fraction of sp³-hybridized carbons (Fsp3) is 0.250. The predicted octanol–water partition coefficient (Wildman–Crippen LogP) is 3.27. The smallest absolute Gasteiger partial charge is 0.156 e. The van der Waals surface area contributed by atoms with Crippen molar-refractivity contribution in [2.24, 2.45) is 0 Å². The van der Waals surface area contributed by atoms with Crippen LogP contribution in [0, 0.1) is 11.3 Å². The number of hydrogen-bond acceptors (Lipinski definition) is 5. The molecule has 0 saturated heterocycles. The Kier molecular flexibility index (Phi) is 4.26. The quantitative estimate of drug-likeness (QED) is 0.806. The van der Waals surface area contributed by atoms with Gasteiger partial charge in [-0.05, 0) is 19.1 Å². The summed E-state index contributed by atoms with van der Waals surface area (Å²) in [6, 6.07) is 7.40. The number of ether oxygens (including phenoxy) is 1. The molecule has 0 aliphatic rings. The number of hydrogen-bond donors (Lipinski definition) is 0. The van der Waals surface area contributed by atoms with Crippen molar-refractivity contribution in [3.63, 3.8) is 0 Å². The first-order valence-corrected chi connectivity index (χ1v) is 6.54. The third kappa shape index (κ3) is 3.05. The summed E-state index contributed by atoms with van der Waals surface area (Å²) in [4.78, 5) is 10.0. The molecule has 4 nitrogen and oxygen atoms in total. The second kappa shape index (κ2) is 5.91. The van der Waals surface area contributed by atoms with Crippen molar-refractivity contribution in [3.05, 3.63) is 34.1 Å². The van der Waals surface area contributed by atoms with Crippen molar-refractivity contribution in [2.75, 3.05) is 6.61 Å². The minimum atomic E-state index is 0.334. The Morgan fingerprint density at radius 3 is 2.94 bits per heavy atom. The minimum absolute atomic E-state index is 0.334. The average molecular weight is 280 g/mol. The van der Waals surface area contributed by atoms with E-state index in [1.807, 2.05) is 13.0 Å². The largest absolute Gasteiger partial charge is 0.374 e. The molecule has 0 saturated carbocycles. The minimum Gasteiger partial charge on any atom is -0.374 e. The van der Waals surface area contributed by atoms with E-state index >= 15 is 0 Å². The molecule has 0 spiro atoms. The molecule has 0 fully saturated rings. The molecule has 0 bridgehead atoms. The fourth-order valence-corrected chi connectivity index (χ4v) is 2.35. The Morgan fingerprint density at radius 1 is 1.44 bits per heavy atom. The maximum atomic E-state index is 8.80. The molecule has 0 atom stereocenters. The zero-order valence-corrected chi connectivity index (χ0v) is 11.3. The maximum absolute atomic E-state index is 8.80. The fourth-order valence-electron chi connectivity index (χ4n) is 1.38. The van der Waals surface area contributed by atoms with E-state index in [9.17, 15) is 0 Å². The van der Waals surface area contributed by atoms with Crippen LogP contribution in [0.3, 0.4) is 0 Å². The predicted molar refractivity (Wildman–Crippen MR) is 70.4 cm³/mol. The SMILES string of the molecule is CCOCc1nc(Cl)cc(-c2ccc(C#N)s2)n1. The van der Waals surface area contributed by atoms with Crippen LogP contribution in [-0.4, -0.2) is 16.6 Å². The van der Waals surface area contributed by atoms with Gasteiger partial charge in [0.1, 0.15) is 22.7 Å². The molecule has 2 heterocycles. The Balaban J connectivity index is 2.32. The van der Waals surface area contributed by atoms with Crippen molar-refractivity contribution < 1.29 is 4.74 Å². The number of nitriles is 1. The summed E-state index contributed by atoms with van der Waals surface area (Å²) in [5.74, 6) is 0.547. The van der Waals surface area contributed by atoms with Gasteiger partial charge in [-0.2, -0.15) is 5.26 Å². The first-order valence-electron chi connectivity index (χ1n) is 5.34. The highest BCUT2D eigenvalue weighted by atomic mass is 35.5. The molecule has 0 aliphatic carbocycles. The van der Waals surface area contributed by atoms with Crippen LogP contribution in [0.2, 0.25) is 5.15 Å². The number of thiophene rings is 1. The van der Waals surface area contributed by atoms with E-state index in [-0.39, 0.29) is 0 Å². The lowest BCUT2D eigenvalue weighted by molar-refractivity contribution is 0.128. The van der Waals surface area contributed by atoms with Gasteiger partial charge in [0.05, 0.1) is 10.6 Å². The molecule has 18 heavy (non-hydrogen) atoms. The third-order valence-electron chi connectivity index (χ3n) is 2.15. The molecule has 2 aromatic rings. The van der Waals surface area contributed by atoms with Crippen LogP contribution < -0.4 is 0 Å². The van der Waals surface area contributed by atoms with Crippen molar-refractivity contribution in [2.45, 2.75) is 13.5 Å². The van der Waals surface area contributed by atoms with Gasteiger partial charge in [-0.25, -0.2) is 9.97 Å². The lowest BCUT2D eigenvalue weighted by Gasteiger charge is -2.03. The zero-order chi connectivity index (χ0) is 13.0. The molecule has 0 N–H and O–H groups in total. The summed E-state index contributed by atoms with van der Waals surface area (Å²) in [6.07, 6.45) is 0. The second-order valence-corrected chi connectivity index (χ2v) is 4.88. The molecule has 92 valence electrons. The average Bonchev–Trinajstić information content (AvgIpc) is 2.84. The summed E-state index contributed by atoms with van der Waals surface area (Å²) < 4.78 is 5.26. The number of aromatic nitrogens is 2. The summed E-state index contributed by atoms with van der Waals surface area (Å²) in [7, 11) is 0. The Bertz CT molecular complexity index is 591. The molecule has 0 amide bonds. The molecular weight excluding hydrogens is 270 g/mol. The van der Waals surface area contributed by atoms with Gasteiger partial charge >= 0.3 is 0 Å². The highest BCUT2D eigenvalue weighted by Crippen LogP contribution is 2.27. The second-order valence-electron chi connectivity index (χ2n) is 3.40. The summed E-state index contributed by atoms with van der Waals surface area (Å²) >= 11 is 7.33. The van der Waals surface area contributed by atoms with Gasteiger partial charge in [-0.3, -0.25) is 0 Å². The van der Waals surface area contributed by atoms with Crippen LogP contribution in [0.1, 0.15) is 17.6 Å². The Hall–Kier alpha value is -1.48. The number of halogens is 1. The van der Waals surface area contributed by atoms with Gasteiger partial charge in [0.25, 0.3) is 0 Å². The molecule has 2 aromatic heterocycles. The molecule has 6 heteroatoms. The zero-order valence-electron chi connectivity index (χ0n) is 9.68. The van der Waals surface area contributed by atoms with Gasteiger partial charge in [-0.1, -0.05) is 11.6 Å². The van der Waals surface area contributed by atoms with Crippen LogP contribution >= 0.6 is 22.9 Å². The van der Waals surface area contributed by atoms with Crippen LogP contribution in [0.5, 0.6) is 0 Å². The van der Waals surface area contributed by atoms with Crippen molar-refractivity contribution in [3.8, 4) is 16.6 Å². The molecule has 0 aromatic carbocycles. The van der Waals surface area contributed by atoms with Crippen LogP contribution in [0.4, 0.5) is 0 Å². The monoisotopic (exact) mass is 279 g/mol. The highest BCUT2D eigenvalue weighted by Gasteiger charge is 2.08. The van der Waals surface area contributed by atoms with E-state index in [1.54, 1.807) is 12.1 Å². The van der Waals surface area contributed by atoms with E-state index < -0.39 is 0 Å². The van der Waals surface area contributed by atoms with Crippen LogP contribution in [0.15, 0.2) is 18.2 Å².